The van der Waals surface area contributed by atoms with E-state index in [-0.39, 0.29) is 11.8 Å². The maximum Gasteiger partial charge on any atom is 0.410 e. The van der Waals surface area contributed by atoms with Crippen molar-refractivity contribution in [1.29, 1.82) is 0 Å². The fourth-order valence-electron chi connectivity index (χ4n) is 4.84. The number of benzene rings is 2. The predicted molar refractivity (Wildman–Crippen MR) is 154 cm³/mol. The molecule has 1 fully saturated rings. The molecule has 40 heavy (non-hydrogen) atoms. The lowest BCUT2D eigenvalue weighted by Crippen LogP contribution is -2.50. The smallest absolute Gasteiger partial charge is 0.410 e. The first-order chi connectivity index (χ1) is 19.1. The van der Waals surface area contributed by atoms with Gasteiger partial charge in [-0.1, -0.05) is 12.1 Å². The first-order valence-electron chi connectivity index (χ1n) is 13.2. The van der Waals surface area contributed by atoms with E-state index in [9.17, 15) is 19.1 Å². The number of carbonyl (C=O) groups excluding carboxylic acids is 2. The van der Waals surface area contributed by atoms with Gasteiger partial charge in [-0.15, -0.1) is 11.3 Å². The first kappa shape index (κ1) is 27.7. The molecule has 2 aliphatic rings. The molecular weight excluding hydrogens is 535 g/mol. The van der Waals surface area contributed by atoms with Gasteiger partial charge in [0.05, 0.1) is 22.7 Å². The minimum atomic E-state index is -0.946. The van der Waals surface area contributed by atoms with Gasteiger partial charge in [0.25, 0.3) is 5.91 Å². The van der Waals surface area contributed by atoms with E-state index in [4.69, 9.17) is 4.74 Å². The molecule has 3 heterocycles. The van der Waals surface area contributed by atoms with Crippen LogP contribution in [0.3, 0.4) is 0 Å². The number of aromatic nitrogens is 1. The van der Waals surface area contributed by atoms with Crippen LogP contribution in [0.2, 0.25) is 0 Å². The van der Waals surface area contributed by atoms with Crippen LogP contribution in [0, 0.1) is 5.82 Å². The zero-order chi connectivity index (χ0) is 28.6. The third-order valence-electron chi connectivity index (χ3n) is 6.71. The standard InChI is InChI=1S/C28H33FN6O4S/c1-5-34-22-8-6-7-9-23(22)35(26(34)37)25-31-20(17-40-25)24(36)30-19-16-18(29)10-11-21(19)32-12-14-33(15-13-32)27(38)39-28(2,3)4/h6-11,16-17,26,37H,5,12-15H2,1-4H3,(H,30,36). The second-order valence-electron chi connectivity index (χ2n) is 10.6. The van der Waals surface area contributed by atoms with Crippen molar-refractivity contribution in [3.8, 4) is 0 Å². The highest BCUT2D eigenvalue weighted by Crippen LogP contribution is 2.44. The van der Waals surface area contributed by atoms with Crippen LogP contribution in [0.15, 0.2) is 47.8 Å². The highest BCUT2D eigenvalue weighted by atomic mass is 32.1. The maximum atomic E-state index is 14.3. The normalized spacial score (nSPS) is 17.2. The third-order valence-corrected chi connectivity index (χ3v) is 7.55. The number of amides is 2. The molecule has 12 heteroatoms. The summed E-state index contributed by atoms with van der Waals surface area (Å²) in [5, 5.41) is 15.9. The average molecular weight is 569 g/mol. The Bertz CT molecular complexity index is 1400. The van der Waals surface area contributed by atoms with E-state index in [1.165, 1.54) is 23.5 Å². The number of hydrogen-bond donors (Lipinski definition) is 2. The SMILES string of the molecule is CCN1c2ccccc2N(c2nc(C(=O)Nc3cc(F)ccc3N3CCN(C(=O)OC(C)(C)C)CC3)cs2)C1O. The van der Waals surface area contributed by atoms with Gasteiger partial charge in [0.1, 0.15) is 17.1 Å². The van der Waals surface area contributed by atoms with Gasteiger partial charge in [-0.3, -0.25) is 9.69 Å². The summed E-state index contributed by atoms with van der Waals surface area (Å²) in [6.07, 6.45) is -1.31. The Morgan fingerprint density at radius 2 is 1.80 bits per heavy atom. The second kappa shape index (κ2) is 10.9. The number of ether oxygens (including phenoxy) is 1. The Morgan fingerprint density at radius 1 is 1.10 bits per heavy atom. The van der Waals surface area contributed by atoms with Gasteiger partial charge in [-0.2, -0.15) is 0 Å². The molecule has 1 saturated heterocycles. The molecule has 1 aromatic heterocycles. The molecule has 1 unspecified atom stereocenters. The van der Waals surface area contributed by atoms with Gasteiger partial charge in [-0.05, 0) is 58.0 Å². The van der Waals surface area contributed by atoms with Crippen LogP contribution < -0.4 is 20.0 Å². The van der Waals surface area contributed by atoms with Crippen molar-refractivity contribution < 1.29 is 23.8 Å². The number of piperazine rings is 1. The van der Waals surface area contributed by atoms with E-state index in [0.717, 1.165) is 11.4 Å². The molecule has 0 bridgehead atoms. The summed E-state index contributed by atoms with van der Waals surface area (Å²) < 4.78 is 19.7. The number of nitrogens with zero attached hydrogens (tertiary/aromatic N) is 5. The Labute approximate surface area is 236 Å². The van der Waals surface area contributed by atoms with Gasteiger partial charge in [0.15, 0.2) is 5.13 Å². The molecule has 212 valence electrons. The molecule has 2 aliphatic heterocycles. The number of aliphatic hydroxyl groups is 1. The molecule has 3 aromatic rings. The molecule has 2 N–H and O–H groups in total. The van der Waals surface area contributed by atoms with E-state index < -0.39 is 23.7 Å². The Hall–Kier alpha value is -3.90. The molecule has 0 radical (unpaired) electrons. The fraction of sp³-hybridized carbons (Fsp3) is 0.393. The number of halogens is 1. The predicted octanol–water partition coefficient (Wildman–Crippen LogP) is 4.85. The van der Waals surface area contributed by atoms with Crippen LogP contribution in [0.5, 0.6) is 0 Å². The van der Waals surface area contributed by atoms with Gasteiger partial charge >= 0.3 is 6.09 Å². The van der Waals surface area contributed by atoms with Crippen LogP contribution in [-0.4, -0.2) is 71.7 Å². The second-order valence-corrected chi connectivity index (χ2v) is 11.4. The number of para-hydroxylation sites is 2. The Balaban J connectivity index is 1.30. The van der Waals surface area contributed by atoms with Crippen LogP contribution in [0.4, 0.5) is 37.1 Å². The summed E-state index contributed by atoms with van der Waals surface area (Å²) in [5.41, 5.74) is 2.23. The first-order valence-corrected chi connectivity index (χ1v) is 14.1. The van der Waals surface area contributed by atoms with E-state index in [0.29, 0.717) is 49.2 Å². The molecule has 10 nitrogen and oxygen atoms in total. The number of nitrogens with one attached hydrogen (secondary N) is 1. The highest BCUT2D eigenvalue weighted by molar-refractivity contribution is 7.14. The van der Waals surface area contributed by atoms with E-state index >= 15 is 0 Å². The Morgan fingerprint density at radius 3 is 2.48 bits per heavy atom. The van der Waals surface area contributed by atoms with Gasteiger partial charge in [0, 0.05) is 38.1 Å². The molecule has 2 amide bonds. The number of rotatable bonds is 5. The monoisotopic (exact) mass is 568 g/mol. The molecule has 0 aliphatic carbocycles. The van der Waals surface area contributed by atoms with Crippen LogP contribution in [0.1, 0.15) is 38.2 Å². The van der Waals surface area contributed by atoms with Crippen molar-refractivity contribution in [2.45, 2.75) is 39.6 Å². The van der Waals surface area contributed by atoms with Gasteiger partial charge < -0.3 is 29.9 Å². The summed E-state index contributed by atoms with van der Waals surface area (Å²) >= 11 is 1.24. The van der Waals surface area contributed by atoms with Gasteiger partial charge in [0.2, 0.25) is 6.35 Å². The fourth-order valence-corrected chi connectivity index (χ4v) is 5.67. The summed E-state index contributed by atoms with van der Waals surface area (Å²) in [6.45, 7) is 9.89. The molecule has 0 saturated carbocycles. The third kappa shape index (κ3) is 5.54. The number of carbonyl (C=O) groups is 2. The lowest BCUT2D eigenvalue weighted by molar-refractivity contribution is 0.0240. The van der Waals surface area contributed by atoms with E-state index in [1.807, 2.05) is 61.8 Å². The lowest BCUT2D eigenvalue weighted by Gasteiger charge is -2.37. The molecule has 5 rings (SSSR count). The largest absolute Gasteiger partial charge is 0.444 e. The zero-order valence-corrected chi connectivity index (χ0v) is 23.7. The van der Waals surface area contributed by atoms with Crippen molar-refractivity contribution in [2.75, 3.05) is 52.7 Å². The van der Waals surface area contributed by atoms with Crippen molar-refractivity contribution in [3.05, 3.63) is 59.4 Å². The number of anilines is 5. The number of aliphatic hydroxyl groups excluding tert-OH is 1. The van der Waals surface area contributed by atoms with E-state index in [2.05, 4.69) is 10.3 Å². The molecule has 2 aromatic carbocycles. The number of fused-ring (bicyclic) bond motifs is 1. The maximum absolute atomic E-state index is 14.3. The minimum absolute atomic E-state index is 0.157. The number of hydrogen-bond acceptors (Lipinski definition) is 9. The van der Waals surface area contributed by atoms with Crippen LogP contribution in [0.25, 0.3) is 0 Å². The topological polar surface area (TPSA) is 101 Å². The van der Waals surface area contributed by atoms with Gasteiger partial charge in [-0.25, -0.2) is 14.2 Å². The zero-order valence-electron chi connectivity index (χ0n) is 22.9. The summed E-state index contributed by atoms with van der Waals surface area (Å²) in [5.74, 6) is -0.974. The summed E-state index contributed by atoms with van der Waals surface area (Å²) in [7, 11) is 0. The lowest BCUT2D eigenvalue weighted by atomic mass is 10.2. The van der Waals surface area contributed by atoms with Crippen LogP contribution >= 0.6 is 11.3 Å². The highest BCUT2D eigenvalue weighted by Gasteiger charge is 2.36. The average Bonchev–Trinajstić information content (AvgIpc) is 3.50. The van der Waals surface area contributed by atoms with Crippen molar-refractivity contribution in [3.63, 3.8) is 0 Å². The van der Waals surface area contributed by atoms with Crippen molar-refractivity contribution in [1.82, 2.24) is 9.88 Å². The van der Waals surface area contributed by atoms with Crippen molar-refractivity contribution in [2.24, 2.45) is 0 Å². The van der Waals surface area contributed by atoms with Crippen molar-refractivity contribution >= 4 is 51.2 Å². The Kier molecular flexibility index (Phi) is 7.56. The molecule has 1 atom stereocenters. The number of thiazole rings is 1. The minimum Gasteiger partial charge on any atom is -0.444 e. The summed E-state index contributed by atoms with van der Waals surface area (Å²) in [4.78, 5) is 37.4. The molecular formula is C28H33FN6O4S. The molecule has 0 spiro atoms. The summed E-state index contributed by atoms with van der Waals surface area (Å²) in [6, 6.07) is 11.9. The van der Waals surface area contributed by atoms with E-state index in [1.54, 1.807) is 21.2 Å². The quantitative estimate of drug-likeness (QED) is 0.451. The van der Waals surface area contributed by atoms with Crippen LogP contribution in [-0.2, 0) is 4.74 Å².